The summed E-state index contributed by atoms with van der Waals surface area (Å²) in [5.74, 6) is 2.58. The Morgan fingerprint density at radius 1 is 1.09 bits per heavy atom. The molecule has 4 fully saturated rings. The molecule has 34 heavy (non-hydrogen) atoms. The maximum Gasteiger partial charge on any atom is 0.328 e. The maximum absolute atomic E-state index is 10.8. The number of ether oxygens (including phenoxy) is 3. The van der Waals surface area contributed by atoms with Gasteiger partial charge in [0.1, 0.15) is 5.75 Å². The zero-order valence-corrected chi connectivity index (χ0v) is 20.7. The second kappa shape index (κ2) is 10.9. The Morgan fingerprint density at radius 2 is 1.76 bits per heavy atom. The third-order valence-corrected chi connectivity index (χ3v) is 7.83. The molecule has 5 nitrogen and oxygen atoms in total. The molecule has 4 aliphatic rings. The van der Waals surface area contributed by atoms with Crippen molar-refractivity contribution in [2.75, 3.05) is 27.1 Å². The number of benzene rings is 1. The van der Waals surface area contributed by atoms with Crippen LogP contribution in [-0.2, 0) is 19.7 Å². The third-order valence-electron chi connectivity index (χ3n) is 7.83. The van der Waals surface area contributed by atoms with Crippen LogP contribution in [0, 0.1) is 17.8 Å². The highest BCUT2D eigenvalue weighted by atomic mass is 16.7. The van der Waals surface area contributed by atoms with Crippen LogP contribution in [0.3, 0.4) is 0 Å². The first-order valence-electron chi connectivity index (χ1n) is 12.5. The van der Waals surface area contributed by atoms with Crippen LogP contribution in [0.2, 0.25) is 0 Å². The van der Waals surface area contributed by atoms with E-state index in [9.17, 15) is 4.79 Å². The second-order valence-corrected chi connectivity index (χ2v) is 10.5. The Balaban J connectivity index is 1.59. The van der Waals surface area contributed by atoms with Gasteiger partial charge in [0, 0.05) is 18.7 Å². The Labute approximate surface area is 203 Å². The van der Waals surface area contributed by atoms with E-state index in [1.54, 1.807) is 14.0 Å². The number of carboxylic acid groups (broad SMARTS) is 1. The Bertz CT molecular complexity index is 935. The smallest absolute Gasteiger partial charge is 0.328 e. The number of methoxy groups -OCH3 is 1. The molecule has 5 heteroatoms. The molecule has 0 atom stereocenters. The van der Waals surface area contributed by atoms with E-state index in [-0.39, 0.29) is 12.2 Å². The maximum atomic E-state index is 10.8. The number of carbonyl (C=O) groups is 1. The molecule has 0 radical (unpaired) electrons. The van der Waals surface area contributed by atoms with E-state index in [0.717, 1.165) is 29.1 Å². The SMILES string of the molecule is COCCOCOc1ccc(/C(C)=C/C=C/C(C)=C/C(=O)O)cc1C12CC3CC(CC(C3)C1)C2. The van der Waals surface area contributed by atoms with E-state index in [0.29, 0.717) is 18.8 Å². The Kier molecular flexibility index (Phi) is 7.95. The molecule has 0 heterocycles. The molecule has 0 aliphatic heterocycles. The number of allylic oxidation sites excluding steroid dienone is 5. The summed E-state index contributed by atoms with van der Waals surface area (Å²) in [6.45, 7) is 5.20. The molecule has 0 spiro atoms. The molecule has 0 saturated heterocycles. The van der Waals surface area contributed by atoms with Crippen LogP contribution < -0.4 is 4.74 Å². The summed E-state index contributed by atoms with van der Waals surface area (Å²) in [4.78, 5) is 10.8. The Morgan fingerprint density at radius 3 is 2.38 bits per heavy atom. The number of rotatable bonds is 11. The molecule has 5 rings (SSSR count). The van der Waals surface area contributed by atoms with Gasteiger partial charge in [-0.1, -0.05) is 24.3 Å². The van der Waals surface area contributed by atoms with Crippen LogP contribution in [0.1, 0.15) is 63.5 Å². The number of carboxylic acids is 1. The topological polar surface area (TPSA) is 65.0 Å². The van der Waals surface area contributed by atoms with Gasteiger partial charge >= 0.3 is 5.97 Å². The summed E-state index contributed by atoms with van der Waals surface area (Å²) in [5.41, 5.74) is 4.60. The van der Waals surface area contributed by atoms with Gasteiger partial charge < -0.3 is 19.3 Å². The molecule has 4 aliphatic carbocycles. The highest BCUT2D eigenvalue weighted by Gasteiger charge is 2.52. The average Bonchev–Trinajstić information content (AvgIpc) is 2.77. The number of hydrogen-bond donors (Lipinski definition) is 1. The molecule has 1 N–H and O–H groups in total. The van der Waals surface area contributed by atoms with Crippen LogP contribution in [0.15, 0.2) is 48.1 Å². The first-order valence-corrected chi connectivity index (χ1v) is 12.5. The second-order valence-electron chi connectivity index (χ2n) is 10.5. The predicted octanol–water partition coefficient (Wildman–Crippen LogP) is 6.14. The van der Waals surface area contributed by atoms with Crippen LogP contribution in [-0.4, -0.2) is 38.2 Å². The van der Waals surface area contributed by atoms with Crippen molar-refractivity contribution in [1.82, 2.24) is 0 Å². The summed E-state index contributed by atoms with van der Waals surface area (Å²) >= 11 is 0. The Hall–Kier alpha value is -2.37. The number of hydrogen-bond acceptors (Lipinski definition) is 4. The van der Waals surface area contributed by atoms with E-state index in [4.69, 9.17) is 19.3 Å². The molecule has 1 aromatic carbocycles. The highest BCUT2D eigenvalue weighted by molar-refractivity contribution is 5.81. The van der Waals surface area contributed by atoms with Gasteiger partial charge in [-0.2, -0.15) is 0 Å². The zero-order chi connectivity index (χ0) is 24.1. The van der Waals surface area contributed by atoms with Crippen LogP contribution in [0.4, 0.5) is 0 Å². The van der Waals surface area contributed by atoms with Crippen molar-refractivity contribution in [3.8, 4) is 5.75 Å². The molecule has 0 unspecified atom stereocenters. The summed E-state index contributed by atoms with van der Waals surface area (Å²) in [7, 11) is 1.67. The largest absolute Gasteiger partial charge is 0.478 e. The normalized spacial score (nSPS) is 28.6. The van der Waals surface area contributed by atoms with Crippen LogP contribution >= 0.6 is 0 Å². The van der Waals surface area contributed by atoms with E-state index in [1.807, 2.05) is 18.2 Å². The minimum absolute atomic E-state index is 0.212. The fourth-order valence-electron chi connectivity index (χ4n) is 6.75. The lowest BCUT2D eigenvalue weighted by atomic mass is 9.48. The molecule has 0 amide bonds. The first-order chi connectivity index (χ1) is 16.4. The van der Waals surface area contributed by atoms with Gasteiger partial charge in [0.2, 0.25) is 0 Å². The van der Waals surface area contributed by atoms with Gasteiger partial charge in [-0.15, -0.1) is 0 Å². The van der Waals surface area contributed by atoms with Crippen LogP contribution in [0.5, 0.6) is 5.75 Å². The van der Waals surface area contributed by atoms with E-state index >= 15 is 0 Å². The fraction of sp³-hybridized carbons (Fsp3) is 0.552. The zero-order valence-electron chi connectivity index (χ0n) is 20.7. The summed E-state index contributed by atoms with van der Waals surface area (Å²) < 4.78 is 16.9. The van der Waals surface area contributed by atoms with E-state index in [2.05, 4.69) is 25.1 Å². The van der Waals surface area contributed by atoms with Crippen molar-refractivity contribution in [1.29, 1.82) is 0 Å². The molecular weight excluding hydrogens is 428 g/mol. The lowest BCUT2D eigenvalue weighted by Crippen LogP contribution is -2.48. The van der Waals surface area contributed by atoms with Gasteiger partial charge in [0.15, 0.2) is 6.79 Å². The highest BCUT2D eigenvalue weighted by Crippen LogP contribution is 2.62. The standard InChI is InChI=1S/C29H38O5/c1-20(11-28(30)31)5-4-6-21(2)25-7-8-27(34-19-33-10-9-32-3)26(15-25)29-16-22-12-23(17-29)14-24(13-22)18-29/h4-8,11,15,22-24H,9-10,12-14,16-19H2,1-3H3,(H,30,31)/b5-4+,20-11+,21-6+. The molecular formula is C29H38O5. The van der Waals surface area contributed by atoms with Gasteiger partial charge in [-0.25, -0.2) is 4.79 Å². The summed E-state index contributed by atoms with van der Waals surface area (Å²) in [5, 5.41) is 8.89. The van der Waals surface area contributed by atoms with E-state index < -0.39 is 5.97 Å². The van der Waals surface area contributed by atoms with Gasteiger partial charge in [-0.05, 0) is 104 Å². The van der Waals surface area contributed by atoms with Gasteiger partial charge in [-0.3, -0.25) is 0 Å². The molecule has 0 aromatic heterocycles. The minimum Gasteiger partial charge on any atom is -0.478 e. The number of aliphatic carboxylic acids is 1. The fourth-order valence-corrected chi connectivity index (χ4v) is 6.75. The summed E-state index contributed by atoms with van der Waals surface area (Å²) in [6.07, 6.45) is 15.0. The quantitative estimate of drug-likeness (QED) is 0.184. The van der Waals surface area contributed by atoms with Crippen molar-refractivity contribution in [3.63, 3.8) is 0 Å². The molecule has 4 saturated carbocycles. The van der Waals surface area contributed by atoms with Crippen molar-refractivity contribution >= 4 is 11.5 Å². The first kappa shape index (κ1) is 24.7. The molecule has 1 aromatic rings. The van der Waals surface area contributed by atoms with Gasteiger partial charge in [0.25, 0.3) is 0 Å². The molecule has 184 valence electrons. The molecule has 4 bridgehead atoms. The van der Waals surface area contributed by atoms with Crippen molar-refractivity contribution in [2.45, 2.75) is 57.8 Å². The monoisotopic (exact) mass is 466 g/mol. The van der Waals surface area contributed by atoms with Crippen molar-refractivity contribution in [3.05, 3.63) is 59.2 Å². The average molecular weight is 467 g/mol. The third kappa shape index (κ3) is 5.81. The lowest BCUT2D eigenvalue weighted by Gasteiger charge is -2.57. The van der Waals surface area contributed by atoms with Gasteiger partial charge in [0.05, 0.1) is 13.2 Å². The van der Waals surface area contributed by atoms with Crippen molar-refractivity contribution in [2.24, 2.45) is 17.8 Å². The van der Waals surface area contributed by atoms with Crippen molar-refractivity contribution < 1.29 is 24.1 Å². The van der Waals surface area contributed by atoms with E-state index in [1.165, 1.54) is 55.7 Å². The van der Waals surface area contributed by atoms with Crippen LogP contribution in [0.25, 0.3) is 5.57 Å². The summed E-state index contributed by atoms with van der Waals surface area (Å²) in [6, 6.07) is 6.57. The minimum atomic E-state index is -0.926. The lowest BCUT2D eigenvalue weighted by molar-refractivity contribution is -0.131. The predicted molar refractivity (Wildman–Crippen MR) is 134 cm³/mol.